The first kappa shape index (κ1) is 11.4. The minimum atomic E-state index is -0.0465. The molecule has 1 aliphatic heterocycles. The third-order valence-corrected chi connectivity index (χ3v) is 3.30. The van der Waals surface area contributed by atoms with Crippen LogP contribution in [0.2, 0.25) is 0 Å². The van der Waals surface area contributed by atoms with Crippen molar-refractivity contribution >= 4 is 5.65 Å². The molecule has 0 unspecified atom stereocenters. The summed E-state index contributed by atoms with van der Waals surface area (Å²) in [5, 5.41) is 8.96. The Bertz CT molecular complexity index is 617. The van der Waals surface area contributed by atoms with Gasteiger partial charge in [-0.05, 0) is 12.1 Å². The average Bonchev–Trinajstić information content (AvgIpc) is 2.33. The van der Waals surface area contributed by atoms with Crippen molar-refractivity contribution in [2.45, 2.75) is 6.54 Å². The van der Waals surface area contributed by atoms with Crippen molar-refractivity contribution in [2.24, 2.45) is 5.92 Å². The fourth-order valence-corrected chi connectivity index (χ4v) is 2.33. The standard InChI is InChI=1S/C13H15N3O2/c17-9-10-6-15(7-10)8-11-5-13(18)16-4-2-1-3-12(16)14-11/h1-5,10,17H,6-9H2. The molecule has 0 saturated carbocycles. The van der Waals surface area contributed by atoms with Crippen LogP contribution in [0.3, 0.4) is 0 Å². The molecule has 0 atom stereocenters. The Morgan fingerprint density at radius 1 is 1.39 bits per heavy atom. The third kappa shape index (κ3) is 2.02. The molecule has 3 rings (SSSR count). The van der Waals surface area contributed by atoms with E-state index in [1.807, 2.05) is 18.2 Å². The molecule has 5 heteroatoms. The quantitative estimate of drug-likeness (QED) is 0.834. The van der Waals surface area contributed by atoms with E-state index in [0.29, 0.717) is 18.1 Å². The van der Waals surface area contributed by atoms with E-state index in [1.54, 1.807) is 12.3 Å². The third-order valence-electron chi connectivity index (χ3n) is 3.30. The largest absolute Gasteiger partial charge is 0.396 e. The number of hydrogen-bond acceptors (Lipinski definition) is 4. The van der Waals surface area contributed by atoms with E-state index in [1.165, 1.54) is 4.40 Å². The Labute approximate surface area is 104 Å². The van der Waals surface area contributed by atoms with Crippen molar-refractivity contribution in [1.29, 1.82) is 0 Å². The Balaban J connectivity index is 1.83. The molecule has 1 fully saturated rings. The second kappa shape index (κ2) is 4.51. The van der Waals surface area contributed by atoms with E-state index in [4.69, 9.17) is 5.11 Å². The van der Waals surface area contributed by atoms with Gasteiger partial charge >= 0.3 is 0 Å². The summed E-state index contributed by atoms with van der Waals surface area (Å²) in [6.07, 6.45) is 1.72. The lowest BCUT2D eigenvalue weighted by atomic mass is 10.0. The predicted octanol–water partition coefficient (Wildman–Crippen LogP) is 0.119. The molecule has 1 aliphatic rings. The molecule has 0 radical (unpaired) electrons. The highest BCUT2D eigenvalue weighted by Gasteiger charge is 2.26. The number of aliphatic hydroxyl groups is 1. The molecule has 2 aromatic heterocycles. The van der Waals surface area contributed by atoms with E-state index in [0.717, 1.165) is 18.8 Å². The first-order valence-corrected chi connectivity index (χ1v) is 6.07. The van der Waals surface area contributed by atoms with E-state index >= 15 is 0 Å². The van der Waals surface area contributed by atoms with Gasteiger partial charge in [-0.25, -0.2) is 4.98 Å². The van der Waals surface area contributed by atoms with E-state index in [9.17, 15) is 4.79 Å². The maximum atomic E-state index is 11.9. The highest BCUT2D eigenvalue weighted by atomic mass is 16.3. The zero-order valence-corrected chi connectivity index (χ0v) is 9.99. The molecule has 18 heavy (non-hydrogen) atoms. The van der Waals surface area contributed by atoms with E-state index < -0.39 is 0 Å². The molecule has 94 valence electrons. The molecule has 1 N–H and O–H groups in total. The van der Waals surface area contributed by atoms with E-state index in [-0.39, 0.29) is 12.2 Å². The number of nitrogens with zero attached hydrogens (tertiary/aromatic N) is 3. The molecule has 0 bridgehead atoms. The Kier molecular flexibility index (Phi) is 2.85. The molecule has 5 nitrogen and oxygen atoms in total. The van der Waals surface area contributed by atoms with Gasteiger partial charge in [-0.1, -0.05) is 6.07 Å². The normalized spacial score (nSPS) is 16.9. The topological polar surface area (TPSA) is 57.8 Å². The number of likely N-dealkylation sites (tertiary alicyclic amines) is 1. The Morgan fingerprint density at radius 3 is 3.00 bits per heavy atom. The van der Waals surface area contributed by atoms with Crippen LogP contribution in [0, 0.1) is 5.92 Å². The molecule has 0 aliphatic carbocycles. The SMILES string of the molecule is O=c1cc(CN2CC(CO)C2)nc2ccccn12. The number of aliphatic hydroxyl groups excluding tert-OH is 1. The lowest BCUT2D eigenvalue weighted by Crippen LogP contribution is -2.47. The molecule has 0 amide bonds. The highest BCUT2D eigenvalue weighted by molar-refractivity contribution is 5.37. The predicted molar refractivity (Wildman–Crippen MR) is 67.3 cm³/mol. The number of fused-ring (bicyclic) bond motifs is 1. The fraction of sp³-hybridized carbons (Fsp3) is 0.385. The lowest BCUT2D eigenvalue weighted by Gasteiger charge is -2.37. The first-order valence-electron chi connectivity index (χ1n) is 6.07. The second-order valence-corrected chi connectivity index (χ2v) is 4.76. The van der Waals surface area contributed by atoms with Crippen LogP contribution < -0.4 is 5.56 Å². The summed E-state index contributed by atoms with van der Waals surface area (Å²) >= 11 is 0. The summed E-state index contributed by atoms with van der Waals surface area (Å²) < 4.78 is 1.54. The van der Waals surface area contributed by atoms with Crippen LogP contribution in [-0.2, 0) is 6.54 Å². The maximum Gasteiger partial charge on any atom is 0.258 e. The molecule has 1 saturated heterocycles. The highest BCUT2D eigenvalue weighted by Crippen LogP contribution is 2.16. The monoisotopic (exact) mass is 245 g/mol. The lowest BCUT2D eigenvalue weighted by molar-refractivity contribution is 0.0470. The summed E-state index contributed by atoms with van der Waals surface area (Å²) in [7, 11) is 0. The molecule has 3 heterocycles. The van der Waals surface area contributed by atoms with Crippen LogP contribution in [-0.4, -0.2) is 39.1 Å². The van der Waals surface area contributed by atoms with Crippen molar-refractivity contribution in [1.82, 2.24) is 14.3 Å². The Hall–Kier alpha value is -1.72. The van der Waals surface area contributed by atoms with Crippen molar-refractivity contribution in [3.05, 3.63) is 46.5 Å². The van der Waals surface area contributed by atoms with Crippen molar-refractivity contribution in [2.75, 3.05) is 19.7 Å². The summed E-state index contributed by atoms with van der Waals surface area (Å²) in [6, 6.07) is 7.10. The van der Waals surface area contributed by atoms with Gasteiger partial charge in [0.1, 0.15) is 5.65 Å². The smallest absolute Gasteiger partial charge is 0.258 e. The van der Waals surface area contributed by atoms with Crippen LogP contribution in [0.1, 0.15) is 5.69 Å². The molecule has 0 aromatic carbocycles. The number of rotatable bonds is 3. The van der Waals surface area contributed by atoms with Crippen molar-refractivity contribution in [3.63, 3.8) is 0 Å². The fourth-order valence-electron chi connectivity index (χ4n) is 2.33. The molecule has 2 aromatic rings. The van der Waals surface area contributed by atoms with Crippen molar-refractivity contribution in [3.8, 4) is 0 Å². The average molecular weight is 245 g/mol. The minimum absolute atomic E-state index is 0.0465. The summed E-state index contributed by atoms with van der Waals surface area (Å²) in [5.74, 6) is 0.381. The van der Waals surface area contributed by atoms with Gasteiger partial charge in [0.15, 0.2) is 0 Å². The second-order valence-electron chi connectivity index (χ2n) is 4.76. The molecular formula is C13H15N3O2. The number of aromatic nitrogens is 2. The van der Waals surface area contributed by atoms with Gasteiger partial charge < -0.3 is 5.11 Å². The van der Waals surface area contributed by atoms with Crippen LogP contribution in [0.5, 0.6) is 0 Å². The Morgan fingerprint density at radius 2 is 2.22 bits per heavy atom. The van der Waals surface area contributed by atoms with Gasteiger partial charge in [0, 0.05) is 44.4 Å². The van der Waals surface area contributed by atoms with Crippen molar-refractivity contribution < 1.29 is 5.11 Å². The zero-order chi connectivity index (χ0) is 12.5. The van der Waals surface area contributed by atoms with Gasteiger partial charge in [-0.3, -0.25) is 14.1 Å². The van der Waals surface area contributed by atoms with Crippen LogP contribution in [0.25, 0.3) is 5.65 Å². The van der Waals surface area contributed by atoms with Crippen LogP contribution in [0.4, 0.5) is 0 Å². The first-order chi connectivity index (χ1) is 8.76. The molecular weight excluding hydrogens is 230 g/mol. The van der Waals surface area contributed by atoms with Gasteiger partial charge in [0.25, 0.3) is 5.56 Å². The van der Waals surface area contributed by atoms with E-state index in [2.05, 4.69) is 9.88 Å². The summed E-state index contributed by atoms with van der Waals surface area (Å²) in [6.45, 7) is 2.68. The minimum Gasteiger partial charge on any atom is -0.396 e. The number of pyridine rings is 1. The summed E-state index contributed by atoms with van der Waals surface area (Å²) in [4.78, 5) is 18.5. The van der Waals surface area contributed by atoms with Gasteiger partial charge in [-0.15, -0.1) is 0 Å². The number of hydrogen-bond donors (Lipinski definition) is 1. The molecule has 0 spiro atoms. The summed E-state index contributed by atoms with van der Waals surface area (Å²) in [5.41, 5.74) is 1.43. The van der Waals surface area contributed by atoms with Crippen LogP contribution in [0.15, 0.2) is 35.3 Å². The van der Waals surface area contributed by atoms with Gasteiger partial charge in [0.2, 0.25) is 0 Å². The van der Waals surface area contributed by atoms with Crippen LogP contribution >= 0.6 is 0 Å². The van der Waals surface area contributed by atoms with Gasteiger partial charge in [0.05, 0.1) is 5.69 Å². The van der Waals surface area contributed by atoms with Gasteiger partial charge in [-0.2, -0.15) is 0 Å². The zero-order valence-electron chi connectivity index (χ0n) is 9.99. The maximum absolute atomic E-state index is 11.9.